The molecule has 0 aromatic rings. The zero-order chi connectivity index (χ0) is 8.97. The molecule has 3 heteroatoms. The lowest BCUT2D eigenvalue weighted by atomic mass is 10.3. The van der Waals surface area contributed by atoms with Gasteiger partial charge in [0.15, 0.2) is 0 Å². The zero-order valence-corrected chi connectivity index (χ0v) is 8.10. The highest BCUT2D eigenvalue weighted by Crippen LogP contribution is 2.21. The van der Waals surface area contributed by atoms with E-state index >= 15 is 0 Å². The van der Waals surface area contributed by atoms with E-state index < -0.39 is 0 Å². The van der Waals surface area contributed by atoms with E-state index in [1.807, 2.05) is 6.92 Å². The van der Waals surface area contributed by atoms with E-state index in [1.54, 1.807) is 4.90 Å². The predicted octanol–water partition coefficient (Wildman–Crippen LogP) is 2.14. The van der Waals surface area contributed by atoms with Crippen LogP contribution in [0.4, 0.5) is 0 Å². The topological polar surface area (TPSA) is 20.3 Å². The van der Waals surface area contributed by atoms with Gasteiger partial charge in [-0.2, -0.15) is 0 Å². The van der Waals surface area contributed by atoms with Crippen LogP contribution in [0.15, 0.2) is 11.8 Å². The molecule has 2 nitrogen and oxygen atoms in total. The Hall–Kier alpha value is -0.500. The van der Waals surface area contributed by atoms with E-state index in [-0.39, 0.29) is 11.8 Å². The lowest BCUT2D eigenvalue weighted by Crippen LogP contribution is -2.30. The highest BCUT2D eigenvalue weighted by Gasteiger charge is 2.16. The Bertz CT molecular complexity index is 201. The third kappa shape index (κ3) is 2.01. The maximum atomic E-state index is 11.3. The molecule has 1 rings (SSSR count). The molecule has 0 atom stereocenters. The second-order valence-electron chi connectivity index (χ2n) is 2.86. The van der Waals surface area contributed by atoms with Crippen molar-refractivity contribution in [3.05, 3.63) is 11.8 Å². The van der Waals surface area contributed by atoms with Crippen LogP contribution in [0.1, 0.15) is 26.2 Å². The number of hydrogen-bond donors (Lipinski definition) is 0. The van der Waals surface area contributed by atoms with Gasteiger partial charge in [-0.1, -0.05) is 6.08 Å². The maximum absolute atomic E-state index is 11.3. The highest BCUT2D eigenvalue weighted by molar-refractivity contribution is 6.27. The van der Waals surface area contributed by atoms with Gasteiger partial charge in [-0.15, -0.1) is 11.6 Å². The SMILES string of the molecule is CCN(C(=O)CCl)C1=CCCC1. The summed E-state index contributed by atoms with van der Waals surface area (Å²) in [5, 5.41) is 0. The third-order valence-corrected chi connectivity index (χ3v) is 2.32. The van der Waals surface area contributed by atoms with Crippen molar-refractivity contribution in [1.82, 2.24) is 4.90 Å². The van der Waals surface area contributed by atoms with Gasteiger partial charge in [0.1, 0.15) is 5.88 Å². The highest BCUT2D eigenvalue weighted by atomic mass is 35.5. The second-order valence-corrected chi connectivity index (χ2v) is 3.13. The molecule has 0 radical (unpaired) electrons. The van der Waals surface area contributed by atoms with Crippen molar-refractivity contribution in [3.63, 3.8) is 0 Å². The van der Waals surface area contributed by atoms with Crippen molar-refractivity contribution in [1.29, 1.82) is 0 Å². The van der Waals surface area contributed by atoms with Crippen LogP contribution in [0.3, 0.4) is 0 Å². The summed E-state index contributed by atoms with van der Waals surface area (Å²) in [6, 6.07) is 0. The monoisotopic (exact) mass is 187 g/mol. The average Bonchev–Trinajstić information content (AvgIpc) is 2.58. The molecule has 0 fully saturated rings. The van der Waals surface area contributed by atoms with Crippen LogP contribution >= 0.6 is 11.6 Å². The average molecular weight is 188 g/mol. The van der Waals surface area contributed by atoms with E-state index in [0.29, 0.717) is 0 Å². The second kappa shape index (κ2) is 4.51. The molecule has 0 unspecified atom stereocenters. The number of halogens is 1. The molecular formula is C9H14ClNO. The molecule has 0 spiro atoms. The molecule has 0 saturated carbocycles. The van der Waals surface area contributed by atoms with Crippen LogP contribution in [0.25, 0.3) is 0 Å². The summed E-state index contributed by atoms with van der Waals surface area (Å²) in [6.45, 7) is 2.71. The molecule has 1 aliphatic carbocycles. The van der Waals surface area contributed by atoms with E-state index in [2.05, 4.69) is 6.08 Å². The molecule has 0 aromatic heterocycles. The lowest BCUT2D eigenvalue weighted by Gasteiger charge is -2.20. The van der Waals surface area contributed by atoms with Crippen LogP contribution in [0, 0.1) is 0 Å². The number of hydrogen-bond acceptors (Lipinski definition) is 1. The first-order chi connectivity index (χ1) is 5.79. The quantitative estimate of drug-likeness (QED) is 0.620. The molecule has 1 aliphatic rings. The van der Waals surface area contributed by atoms with Crippen LogP contribution in [-0.2, 0) is 4.79 Å². The lowest BCUT2D eigenvalue weighted by molar-refractivity contribution is -0.126. The number of alkyl halides is 1. The smallest absolute Gasteiger partial charge is 0.241 e. The van der Waals surface area contributed by atoms with Gasteiger partial charge in [-0.05, 0) is 26.2 Å². The minimum absolute atomic E-state index is 0.0207. The molecule has 68 valence electrons. The van der Waals surface area contributed by atoms with E-state index in [9.17, 15) is 4.79 Å². The summed E-state index contributed by atoms with van der Waals surface area (Å²) in [5.41, 5.74) is 1.16. The first-order valence-electron chi connectivity index (χ1n) is 4.35. The fourth-order valence-corrected chi connectivity index (χ4v) is 1.66. The number of allylic oxidation sites excluding steroid dienone is 2. The van der Waals surface area contributed by atoms with Gasteiger partial charge < -0.3 is 4.90 Å². The first-order valence-corrected chi connectivity index (χ1v) is 4.88. The summed E-state index contributed by atoms with van der Waals surface area (Å²) >= 11 is 5.49. The van der Waals surface area contributed by atoms with Gasteiger partial charge in [0, 0.05) is 12.2 Å². The largest absolute Gasteiger partial charge is 0.316 e. The Morgan fingerprint density at radius 1 is 1.75 bits per heavy atom. The number of carbonyl (C=O) groups excluding carboxylic acids is 1. The molecular weight excluding hydrogens is 174 g/mol. The minimum Gasteiger partial charge on any atom is -0.316 e. The van der Waals surface area contributed by atoms with Crippen LogP contribution in [0.2, 0.25) is 0 Å². The normalized spacial score (nSPS) is 16.0. The van der Waals surface area contributed by atoms with Crippen molar-refractivity contribution in [2.24, 2.45) is 0 Å². The molecule has 0 heterocycles. The molecule has 0 aromatic carbocycles. The number of nitrogens with zero attached hydrogens (tertiary/aromatic N) is 1. The number of rotatable bonds is 3. The van der Waals surface area contributed by atoms with Crippen LogP contribution < -0.4 is 0 Å². The summed E-state index contributed by atoms with van der Waals surface area (Å²) in [5.74, 6) is 0.109. The zero-order valence-electron chi connectivity index (χ0n) is 7.35. The van der Waals surface area contributed by atoms with Gasteiger partial charge in [0.25, 0.3) is 0 Å². The van der Waals surface area contributed by atoms with Gasteiger partial charge in [-0.3, -0.25) is 4.79 Å². The molecule has 0 saturated heterocycles. The number of amides is 1. The van der Waals surface area contributed by atoms with Crippen molar-refractivity contribution < 1.29 is 4.79 Å². The van der Waals surface area contributed by atoms with Crippen molar-refractivity contribution in [3.8, 4) is 0 Å². The van der Waals surface area contributed by atoms with Crippen molar-refractivity contribution >= 4 is 17.5 Å². The molecule has 0 aliphatic heterocycles. The van der Waals surface area contributed by atoms with E-state index in [0.717, 1.165) is 25.1 Å². The third-order valence-electron chi connectivity index (χ3n) is 2.10. The Morgan fingerprint density at radius 2 is 2.50 bits per heavy atom. The fraction of sp³-hybridized carbons (Fsp3) is 0.667. The molecule has 0 N–H and O–H groups in total. The summed E-state index contributed by atoms with van der Waals surface area (Å²) in [6.07, 6.45) is 5.42. The summed E-state index contributed by atoms with van der Waals surface area (Å²) < 4.78 is 0. The fourth-order valence-electron chi connectivity index (χ4n) is 1.51. The van der Waals surface area contributed by atoms with E-state index in [4.69, 9.17) is 11.6 Å². The van der Waals surface area contributed by atoms with Gasteiger partial charge in [-0.25, -0.2) is 0 Å². The molecule has 1 amide bonds. The Morgan fingerprint density at radius 3 is 2.92 bits per heavy atom. The predicted molar refractivity (Wildman–Crippen MR) is 50.0 cm³/mol. The van der Waals surface area contributed by atoms with Gasteiger partial charge in [0.2, 0.25) is 5.91 Å². The standard InChI is InChI=1S/C9H14ClNO/c1-2-11(9(12)7-10)8-5-3-4-6-8/h5H,2-4,6-7H2,1H3. The van der Waals surface area contributed by atoms with Gasteiger partial charge >= 0.3 is 0 Å². The summed E-state index contributed by atoms with van der Waals surface area (Å²) in [4.78, 5) is 13.1. The van der Waals surface area contributed by atoms with Crippen molar-refractivity contribution in [2.45, 2.75) is 26.2 Å². The summed E-state index contributed by atoms with van der Waals surface area (Å²) in [7, 11) is 0. The maximum Gasteiger partial charge on any atom is 0.241 e. The molecule has 12 heavy (non-hydrogen) atoms. The Labute approximate surface area is 78.2 Å². The number of carbonyl (C=O) groups is 1. The minimum atomic E-state index is 0.0207. The Balaban J connectivity index is 2.60. The van der Waals surface area contributed by atoms with Gasteiger partial charge in [0.05, 0.1) is 0 Å². The first kappa shape index (κ1) is 9.59. The molecule has 0 bridgehead atoms. The van der Waals surface area contributed by atoms with Crippen molar-refractivity contribution in [2.75, 3.05) is 12.4 Å². The van der Waals surface area contributed by atoms with E-state index in [1.165, 1.54) is 6.42 Å². The Kier molecular flexibility index (Phi) is 3.60. The van der Waals surface area contributed by atoms with Crippen LogP contribution in [-0.4, -0.2) is 23.2 Å². The van der Waals surface area contributed by atoms with Crippen LogP contribution in [0.5, 0.6) is 0 Å².